The van der Waals surface area contributed by atoms with Gasteiger partial charge < -0.3 is 4.90 Å². The molecule has 0 unspecified atom stereocenters. The first-order valence-corrected chi connectivity index (χ1v) is 21.0. The fourth-order valence-corrected chi connectivity index (χ4v) is 8.46. The lowest BCUT2D eigenvalue weighted by atomic mass is 9.91. The van der Waals surface area contributed by atoms with Gasteiger partial charge in [0.1, 0.15) is 0 Å². The van der Waals surface area contributed by atoms with E-state index >= 15 is 0 Å². The molecule has 0 radical (unpaired) electrons. The highest BCUT2D eigenvalue weighted by atomic mass is 15.1. The molecule has 0 aliphatic heterocycles. The maximum absolute atomic E-state index is 2.46. The van der Waals surface area contributed by atoms with Gasteiger partial charge in [-0.1, -0.05) is 187 Å². The SMILES string of the molecule is Cc1ccc(C(=Cc2ccc(N(c3ccc4c(c3)CCCC4)c3ccc(/C=C/C=C(c4ccccc4)c4ccccc4)c4ccccc34)cc2)c2ccc(C)cc2)cc1. The van der Waals surface area contributed by atoms with Crippen LogP contribution in [0.15, 0.2) is 200 Å². The van der Waals surface area contributed by atoms with Crippen molar-refractivity contribution in [3.8, 4) is 0 Å². The van der Waals surface area contributed by atoms with Crippen LogP contribution >= 0.6 is 0 Å². The fraction of sp³-hybridized carbons (Fsp3) is 0.103. The molecule has 1 nitrogen and oxygen atoms in total. The molecule has 0 bridgehead atoms. The first-order valence-electron chi connectivity index (χ1n) is 21.0. The third-order valence-electron chi connectivity index (χ3n) is 11.7. The van der Waals surface area contributed by atoms with Gasteiger partial charge >= 0.3 is 0 Å². The Bertz CT molecular complexity index is 2700. The predicted molar refractivity (Wildman–Crippen MR) is 254 cm³/mol. The van der Waals surface area contributed by atoms with Crippen molar-refractivity contribution in [1.82, 2.24) is 0 Å². The van der Waals surface area contributed by atoms with Gasteiger partial charge in [-0.25, -0.2) is 0 Å². The molecule has 0 saturated carbocycles. The average molecular weight is 760 g/mol. The second-order valence-corrected chi connectivity index (χ2v) is 15.8. The summed E-state index contributed by atoms with van der Waals surface area (Å²) in [6.45, 7) is 4.29. The molecule has 1 aliphatic carbocycles. The van der Waals surface area contributed by atoms with Gasteiger partial charge in [-0.05, 0) is 137 Å². The number of benzene rings is 8. The number of fused-ring (bicyclic) bond motifs is 2. The second kappa shape index (κ2) is 17.3. The van der Waals surface area contributed by atoms with E-state index in [-0.39, 0.29) is 0 Å². The summed E-state index contributed by atoms with van der Waals surface area (Å²) in [5.74, 6) is 0. The van der Waals surface area contributed by atoms with Crippen molar-refractivity contribution in [1.29, 1.82) is 0 Å². The van der Waals surface area contributed by atoms with Gasteiger partial charge in [0.05, 0.1) is 5.69 Å². The predicted octanol–water partition coefficient (Wildman–Crippen LogP) is 15.5. The standard InChI is InChI=1S/C58H49N/c1-42-24-30-49(31-25-42)57(50-32-26-43(2)27-33-50)40-44-28-36-52(37-29-44)59(53-38-34-45-14-9-10-19-51(45)41-53)58-39-35-48(55-21-11-12-22-56(55)58)20-13-23-54(46-15-5-3-6-16-46)47-17-7-4-8-18-47/h3-8,11-13,15-18,20-41H,9-10,14,19H2,1-2H3/b20-13+. The Kier molecular flexibility index (Phi) is 11.0. The molecule has 8 aromatic rings. The molecule has 0 aromatic heterocycles. The minimum absolute atomic E-state index is 1.13. The van der Waals surface area contributed by atoms with E-state index in [9.17, 15) is 0 Å². The molecule has 0 spiro atoms. The van der Waals surface area contributed by atoms with Crippen LogP contribution in [-0.2, 0) is 12.8 Å². The number of rotatable bonds is 10. The quantitative estimate of drug-likeness (QED) is 0.0991. The van der Waals surface area contributed by atoms with E-state index in [0.29, 0.717) is 0 Å². The fourth-order valence-electron chi connectivity index (χ4n) is 8.46. The lowest BCUT2D eigenvalue weighted by Crippen LogP contribution is -2.12. The van der Waals surface area contributed by atoms with Gasteiger partial charge in [-0.15, -0.1) is 0 Å². The summed E-state index contributed by atoms with van der Waals surface area (Å²) in [5.41, 5.74) is 18.6. The lowest BCUT2D eigenvalue weighted by molar-refractivity contribution is 0.685. The molecule has 286 valence electrons. The highest BCUT2D eigenvalue weighted by Crippen LogP contribution is 2.42. The van der Waals surface area contributed by atoms with Crippen molar-refractivity contribution >= 4 is 51.1 Å². The van der Waals surface area contributed by atoms with Crippen LogP contribution in [0.25, 0.3) is 34.1 Å². The Balaban J connectivity index is 1.13. The summed E-state index contributed by atoms with van der Waals surface area (Å²) < 4.78 is 0. The summed E-state index contributed by atoms with van der Waals surface area (Å²) in [6, 6.07) is 68.7. The van der Waals surface area contributed by atoms with Crippen LogP contribution in [0.3, 0.4) is 0 Å². The zero-order valence-electron chi connectivity index (χ0n) is 34.0. The van der Waals surface area contributed by atoms with Crippen LogP contribution in [-0.4, -0.2) is 0 Å². The van der Waals surface area contributed by atoms with Crippen LogP contribution in [0.5, 0.6) is 0 Å². The third kappa shape index (κ3) is 8.38. The minimum Gasteiger partial charge on any atom is -0.310 e. The molecule has 0 amide bonds. The molecular formula is C58H49N. The van der Waals surface area contributed by atoms with E-state index in [1.165, 1.54) is 102 Å². The van der Waals surface area contributed by atoms with E-state index in [2.05, 4.69) is 231 Å². The van der Waals surface area contributed by atoms with Gasteiger partial charge in [0.2, 0.25) is 0 Å². The van der Waals surface area contributed by atoms with Crippen molar-refractivity contribution < 1.29 is 0 Å². The minimum atomic E-state index is 1.13. The Labute approximate surface area is 350 Å². The van der Waals surface area contributed by atoms with Gasteiger partial charge in [0, 0.05) is 16.8 Å². The van der Waals surface area contributed by atoms with Gasteiger partial charge in [-0.3, -0.25) is 0 Å². The van der Waals surface area contributed by atoms with Crippen molar-refractivity contribution in [2.24, 2.45) is 0 Å². The molecule has 1 aliphatic rings. The molecule has 0 N–H and O–H groups in total. The van der Waals surface area contributed by atoms with E-state index in [4.69, 9.17) is 0 Å². The summed E-state index contributed by atoms with van der Waals surface area (Å²) >= 11 is 0. The zero-order valence-corrected chi connectivity index (χ0v) is 34.0. The highest BCUT2D eigenvalue weighted by molar-refractivity contribution is 6.03. The number of hydrogen-bond acceptors (Lipinski definition) is 1. The Morgan fingerprint density at radius 3 is 1.63 bits per heavy atom. The topological polar surface area (TPSA) is 3.24 Å². The smallest absolute Gasteiger partial charge is 0.0540 e. The van der Waals surface area contributed by atoms with E-state index in [0.717, 1.165) is 18.5 Å². The number of hydrogen-bond donors (Lipinski definition) is 0. The Hall–Kier alpha value is -6.96. The summed E-state index contributed by atoms with van der Waals surface area (Å²) in [6.07, 6.45) is 13.8. The second-order valence-electron chi connectivity index (χ2n) is 15.8. The normalized spacial score (nSPS) is 12.2. The van der Waals surface area contributed by atoms with E-state index < -0.39 is 0 Å². The maximum Gasteiger partial charge on any atom is 0.0540 e. The number of anilines is 3. The molecule has 0 atom stereocenters. The van der Waals surface area contributed by atoms with Gasteiger partial charge in [0.15, 0.2) is 0 Å². The van der Waals surface area contributed by atoms with Crippen molar-refractivity contribution in [3.63, 3.8) is 0 Å². The zero-order chi connectivity index (χ0) is 40.0. The van der Waals surface area contributed by atoms with E-state index in [1.807, 2.05) is 0 Å². The molecule has 59 heavy (non-hydrogen) atoms. The van der Waals surface area contributed by atoms with Crippen LogP contribution in [0, 0.1) is 13.8 Å². The monoisotopic (exact) mass is 759 g/mol. The molecule has 0 fully saturated rings. The van der Waals surface area contributed by atoms with Crippen molar-refractivity contribution in [2.75, 3.05) is 4.90 Å². The van der Waals surface area contributed by atoms with Crippen LogP contribution in [0.1, 0.15) is 68.5 Å². The van der Waals surface area contributed by atoms with Crippen LogP contribution in [0.4, 0.5) is 17.1 Å². The number of nitrogens with zero attached hydrogens (tertiary/aromatic N) is 1. The summed E-state index contributed by atoms with van der Waals surface area (Å²) in [5, 5.41) is 2.44. The molecule has 8 aromatic carbocycles. The first-order chi connectivity index (χ1) is 29.1. The largest absolute Gasteiger partial charge is 0.310 e. The van der Waals surface area contributed by atoms with Crippen molar-refractivity contribution in [2.45, 2.75) is 39.5 Å². The Morgan fingerprint density at radius 2 is 1.00 bits per heavy atom. The van der Waals surface area contributed by atoms with Crippen LogP contribution < -0.4 is 4.90 Å². The molecule has 9 rings (SSSR count). The molecule has 0 saturated heterocycles. The summed E-state index contributed by atoms with van der Waals surface area (Å²) in [7, 11) is 0. The first kappa shape index (κ1) is 37.6. The average Bonchev–Trinajstić information content (AvgIpc) is 3.29. The van der Waals surface area contributed by atoms with Crippen molar-refractivity contribution in [3.05, 3.63) is 256 Å². The molecular weight excluding hydrogens is 711 g/mol. The maximum atomic E-state index is 2.46. The Morgan fingerprint density at radius 1 is 0.458 bits per heavy atom. The van der Waals surface area contributed by atoms with Crippen LogP contribution in [0.2, 0.25) is 0 Å². The molecule has 0 heterocycles. The molecule has 1 heteroatoms. The van der Waals surface area contributed by atoms with E-state index in [1.54, 1.807) is 0 Å². The van der Waals surface area contributed by atoms with Gasteiger partial charge in [0.25, 0.3) is 0 Å². The third-order valence-corrected chi connectivity index (χ3v) is 11.7. The highest BCUT2D eigenvalue weighted by Gasteiger charge is 2.19. The summed E-state index contributed by atoms with van der Waals surface area (Å²) in [4.78, 5) is 2.46. The lowest BCUT2D eigenvalue weighted by Gasteiger charge is -2.29. The number of aryl methyl sites for hydroxylation is 4. The number of allylic oxidation sites excluding steroid dienone is 2. The van der Waals surface area contributed by atoms with Gasteiger partial charge in [-0.2, -0.15) is 0 Å².